The second-order valence-electron chi connectivity index (χ2n) is 6.27. The van der Waals surface area contributed by atoms with E-state index in [-0.39, 0.29) is 6.03 Å². The zero-order chi connectivity index (χ0) is 19.1. The van der Waals surface area contributed by atoms with E-state index in [0.717, 1.165) is 23.2 Å². The number of likely N-dealkylation sites (N-methyl/N-ethyl adjacent to an activating group) is 1. The lowest BCUT2D eigenvalue weighted by Crippen LogP contribution is -2.39. The van der Waals surface area contributed by atoms with E-state index in [1.54, 1.807) is 11.9 Å². The van der Waals surface area contributed by atoms with Crippen molar-refractivity contribution in [3.63, 3.8) is 0 Å². The van der Waals surface area contributed by atoms with E-state index < -0.39 is 0 Å². The van der Waals surface area contributed by atoms with Gasteiger partial charge in [0.15, 0.2) is 0 Å². The third kappa shape index (κ3) is 5.31. The molecule has 1 heterocycles. The van der Waals surface area contributed by atoms with Crippen LogP contribution in [0.1, 0.15) is 11.5 Å². The molecule has 0 unspecified atom stereocenters. The van der Waals surface area contributed by atoms with Crippen molar-refractivity contribution < 1.29 is 9.32 Å². The Morgan fingerprint density at radius 1 is 1.11 bits per heavy atom. The largest absolute Gasteiger partial charge is 0.399 e. The van der Waals surface area contributed by atoms with E-state index in [9.17, 15) is 4.79 Å². The van der Waals surface area contributed by atoms with Crippen LogP contribution in [-0.2, 0) is 12.8 Å². The first-order valence-corrected chi connectivity index (χ1v) is 8.83. The van der Waals surface area contributed by atoms with Gasteiger partial charge in [-0.25, -0.2) is 4.79 Å². The van der Waals surface area contributed by atoms with Crippen LogP contribution in [0.15, 0.2) is 59.1 Å². The number of carbonyl (C=O) groups is 1. The van der Waals surface area contributed by atoms with E-state index in [2.05, 4.69) is 15.5 Å². The van der Waals surface area contributed by atoms with Gasteiger partial charge in [-0.2, -0.15) is 4.98 Å². The summed E-state index contributed by atoms with van der Waals surface area (Å²) in [6, 6.07) is 17.1. The molecule has 0 aliphatic heterocycles. The zero-order valence-electron chi connectivity index (χ0n) is 15.3. The lowest BCUT2D eigenvalue weighted by molar-refractivity contribution is 0.208. The molecule has 0 radical (unpaired) electrons. The van der Waals surface area contributed by atoms with Crippen molar-refractivity contribution in [2.45, 2.75) is 12.8 Å². The van der Waals surface area contributed by atoms with Gasteiger partial charge in [-0.1, -0.05) is 47.6 Å². The molecule has 27 heavy (non-hydrogen) atoms. The number of hydrogen-bond acceptors (Lipinski definition) is 5. The lowest BCUT2D eigenvalue weighted by atomic mass is 10.1. The quantitative estimate of drug-likeness (QED) is 0.628. The Bertz CT molecular complexity index is 862. The number of nitrogens with two attached hydrogens (primary N) is 1. The first-order valence-electron chi connectivity index (χ1n) is 8.83. The Kier molecular flexibility index (Phi) is 6.04. The number of aromatic nitrogens is 2. The number of nitrogens with one attached hydrogen (secondary N) is 1. The number of nitrogens with zero attached hydrogens (tertiary/aromatic N) is 3. The number of urea groups is 1. The average Bonchev–Trinajstić information content (AvgIpc) is 3.17. The summed E-state index contributed by atoms with van der Waals surface area (Å²) in [6.45, 7) is 1.05. The molecule has 0 fully saturated rings. The molecule has 0 bridgehead atoms. The van der Waals surface area contributed by atoms with E-state index in [1.165, 1.54) is 0 Å². The highest BCUT2D eigenvalue weighted by atomic mass is 16.5. The molecular formula is C20H23N5O2. The fourth-order valence-electron chi connectivity index (χ4n) is 2.56. The van der Waals surface area contributed by atoms with Crippen molar-refractivity contribution in [2.24, 2.45) is 0 Å². The van der Waals surface area contributed by atoms with Crippen LogP contribution in [0, 0.1) is 0 Å². The molecule has 3 aromatic rings. The maximum atomic E-state index is 12.2. The Hall–Kier alpha value is -3.35. The highest BCUT2D eigenvalue weighted by molar-refractivity contribution is 5.73. The fourth-order valence-corrected chi connectivity index (χ4v) is 2.56. The zero-order valence-corrected chi connectivity index (χ0v) is 15.3. The average molecular weight is 365 g/mol. The van der Waals surface area contributed by atoms with Gasteiger partial charge in [-0.3, -0.25) is 0 Å². The number of benzene rings is 2. The van der Waals surface area contributed by atoms with Crippen molar-refractivity contribution in [2.75, 3.05) is 25.9 Å². The molecule has 0 saturated carbocycles. The molecule has 0 aliphatic carbocycles. The van der Waals surface area contributed by atoms with Crippen LogP contribution < -0.4 is 11.1 Å². The van der Waals surface area contributed by atoms with Crippen molar-refractivity contribution in [3.8, 4) is 11.4 Å². The minimum Gasteiger partial charge on any atom is -0.399 e. The van der Waals surface area contributed by atoms with E-state index in [1.807, 2.05) is 54.6 Å². The van der Waals surface area contributed by atoms with Crippen LogP contribution in [0.3, 0.4) is 0 Å². The minimum atomic E-state index is -0.131. The van der Waals surface area contributed by atoms with Crippen molar-refractivity contribution in [1.82, 2.24) is 20.4 Å². The van der Waals surface area contributed by atoms with E-state index in [0.29, 0.717) is 31.2 Å². The molecule has 0 saturated heterocycles. The lowest BCUT2D eigenvalue weighted by Gasteiger charge is -2.17. The van der Waals surface area contributed by atoms with Gasteiger partial charge in [-0.15, -0.1) is 0 Å². The number of amides is 2. The van der Waals surface area contributed by atoms with E-state index in [4.69, 9.17) is 10.3 Å². The van der Waals surface area contributed by atoms with Crippen LogP contribution in [0.2, 0.25) is 0 Å². The predicted octanol–water partition coefficient (Wildman–Crippen LogP) is 2.75. The van der Waals surface area contributed by atoms with Gasteiger partial charge in [0, 0.05) is 37.8 Å². The van der Waals surface area contributed by atoms with Gasteiger partial charge in [-0.05, 0) is 24.1 Å². The van der Waals surface area contributed by atoms with Gasteiger partial charge in [0.25, 0.3) is 0 Å². The summed E-state index contributed by atoms with van der Waals surface area (Å²) in [5.74, 6) is 1.07. The SMILES string of the molecule is CN(CCc1nc(-c2ccccc2)no1)C(=O)NCCc1ccc(N)cc1. The maximum Gasteiger partial charge on any atom is 0.317 e. The second-order valence-corrected chi connectivity index (χ2v) is 6.27. The molecule has 2 aromatic carbocycles. The molecule has 0 atom stereocenters. The van der Waals surface area contributed by atoms with Crippen LogP contribution in [-0.4, -0.2) is 41.2 Å². The molecule has 7 nitrogen and oxygen atoms in total. The Labute approximate surface area is 158 Å². The number of nitrogen functional groups attached to an aromatic ring is 1. The van der Waals surface area contributed by atoms with Gasteiger partial charge in [0.1, 0.15) is 0 Å². The molecular weight excluding hydrogens is 342 g/mol. The summed E-state index contributed by atoms with van der Waals surface area (Å²) < 4.78 is 5.27. The molecule has 1 aromatic heterocycles. The molecule has 0 aliphatic rings. The highest BCUT2D eigenvalue weighted by Crippen LogP contribution is 2.15. The monoisotopic (exact) mass is 365 g/mol. The third-order valence-corrected chi connectivity index (χ3v) is 4.18. The van der Waals surface area contributed by atoms with Crippen LogP contribution in [0.4, 0.5) is 10.5 Å². The van der Waals surface area contributed by atoms with E-state index >= 15 is 0 Å². The Balaban J connectivity index is 1.42. The second kappa shape index (κ2) is 8.84. The highest BCUT2D eigenvalue weighted by Gasteiger charge is 2.12. The predicted molar refractivity (Wildman–Crippen MR) is 104 cm³/mol. The third-order valence-electron chi connectivity index (χ3n) is 4.18. The topological polar surface area (TPSA) is 97.3 Å². The molecule has 140 valence electrons. The molecule has 0 spiro atoms. The summed E-state index contributed by atoms with van der Waals surface area (Å²) in [6.07, 6.45) is 1.26. The first kappa shape index (κ1) is 18.4. The standard InChI is InChI=1S/C20H23N5O2/c1-25(20(26)22-13-11-15-7-9-17(21)10-8-15)14-12-18-23-19(24-27-18)16-5-3-2-4-6-16/h2-10H,11-14,21H2,1H3,(H,22,26). The van der Waals surface area contributed by atoms with Gasteiger partial charge in [0.05, 0.1) is 0 Å². The summed E-state index contributed by atoms with van der Waals surface area (Å²) in [7, 11) is 1.74. The summed E-state index contributed by atoms with van der Waals surface area (Å²) in [5, 5.41) is 6.89. The van der Waals surface area contributed by atoms with Gasteiger partial charge < -0.3 is 20.5 Å². The summed E-state index contributed by atoms with van der Waals surface area (Å²) in [5.41, 5.74) is 8.44. The van der Waals surface area contributed by atoms with Crippen molar-refractivity contribution >= 4 is 11.7 Å². The van der Waals surface area contributed by atoms with Crippen LogP contribution in [0.5, 0.6) is 0 Å². The number of carbonyl (C=O) groups excluding carboxylic acids is 1. The van der Waals surface area contributed by atoms with Crippen LogP contribution >= 0.6 is 0 Å². The number of hydrogen-bond donors (Lipinski definition) is 2. The molecule has 3 N–H and O–H groups in total. The maximum absolute atomic E-state index is 12.2. The number of anilines is 1. The summed E-state index contributed by atoms with van der Waals surface area (Å²) in [4.78, 5) is 18.1. The van der Waals surface area contributed by atoms with Crippen molar-refractivity contribution in [1.29, 1.82) is 0 Å². The molecule has 7 heteroatoms. The van der Waals surface area contributed by atoms with Crippen molar-refractivity contribution in [3.05, 3.63) is 66.1 Å². The van der Waals surface area contributed by atoms with Crippen LogP contribution in [0.25, 0.3) is 11.4 Å². The smallest absolute Gasteiger partial charge is 0.317 e. The fraction of sp³-hybridized carbons (Fsp3) is 0.250. The van der Waals surface area contributed by atoms with Gasteiger partial charge in [0.2, 0.25) is 11.7 Å². The summed E-state index contributed by atoms with van der Waals surface area (Å²) >= 11 is 0. The molecule has 3 rings (SSSR count). The Morgan fingerprint density at radius 2 is 1.85 bits per heavy atom. The molecule has 2 amide bonds. The first-order chi connectivity index (χ1) is 13.1. The number of rotatable bonds is 7. The van der Waals surface area contributed by atoms with Gasteiger partial charge >= 0.3 is 6.03 Å². The minimum absolute atomic E-state index is 0.131. The Morgan fingerprint density at radius 3 is 2.59 bits per heavy atom. The normalized spacial score (nSPS) is 10.6.